The molecule has 0 spiro atoms. The van der Waals surface area contributed by atoms with Gasteiger partial charge in [0.2, 0.25) is 5.91 Å². The molecule has 0 bridgehead atoms. The van der Waals surface area contributed by atoms with Gasteiger partial charge in [0.15, 0.2) is 5.78 Å². The van der Waals surface area contributed by atoms with Crippen molar-refractivity contribution in [2.45, 2.75) is 46.0 Å². The number of carbonyl (C=O) groups is 2. The van der Waals surface area contributed by atoms with Gasteiger partial charge in [-0.05, 0) is 66.8 Å². The van der Waals surface area contributed by atoms with Crippen LogP contribution < -0.4 is 5.32 Å². The molecule has 1 heterocycles. The number of ketones is 1. The van der Waals surface area contributed by atoms with E-state index in [1.165, 1.54) is 12.0 Å². The van der Waals surface area contributed by atoms with Crippen molar-refractivity contribution in [3.8, 4) is 0 Å². The SMILES string of the molecule is C[C@]12CCC(=O)C=C1[C@@H]1C[C@@H]1[C@@H]1[C@@H]2CC[C@]2(C)C(=O)NC[C@@H]12. The van der Waals surface area contributed by atoms with Gasteiger partial charge in [-0.3, -0.25) is 9.59 Å². The normalized spacial score (nSPS) is 55.4. The standard InChI is InChI=1S/C19H25NO2/c1-18-5-3-10(21)7-14(18)11-8-12(11)16-13(18)4-6-19(2)15(16)9-20-17(19)22/h7,11-13,15-16H,3-6,8-9H2,1-2H3,(H,20,22)/t11-,12+,13+,15+,16-,18-,19+/m1/s1. The smallest absolute Gasteiger partial charge is 0.226 e. The zero-order valence-electron chi connectivity index (χ0n) is 13.5. The number of hydrogen-bond acceptors (Lipinski definition) is 2. The first-order valence-corrected chi connectivity index (χ1v) is 8.98. The Bertz CT molecular complexity index is 623. The molecule has 5 rings (SSSR count). The van der Waals surface area contributed by atoms with Crippen molar-refractivity contribution in [2.24, 2.45) is 40.4 Å². The maximum absolute atomic E-state index is 12.4. The third kappa shape index (κ3) is 1.39. The predicted octanol–water partition coefficient (Wildman–Crippen LogP) is 2.71. The maximum atomic E-state index is 12.4. The summed E-state index contributed by atoms with van der Waals surface area (Å²) >= 11 is 0. The number of nitrogens with one attached hydrogen (secondary N) is 1. The van der Waals surface area contributed by atoms with Gasteiger partial charge in [0, 0.05) is 13.0 Å². The summed E-state index contributed by atoms with van der Waals surface area (Å²) in [5.41, 5.74) is 1.58. The van der Waals surface area contributed by atoms with Gasteiger partial charge < -0.3 is 5.32 Å². The van der Waals surface area contributed by atoms with Crippen molar-refractivity contribution in [3.63, 3.8) is 0 Å². The number of hydrogen-bond donors (Lipinski definition) is 1. The van der Waals surface area contributed by atoms with Gasteiger partial charge in [-0.1, -0.05) is 19.4 Å². The Balaban J connectivity index is 1.59. The van der Waals surface area contributed by atoms with Crippen molar-refractivity contribution >= 4 is 11.7 Å². The van der Waals surface area contributed by atoms with E-state index in [0.717, 1.165) is 38.1 Å². The summed E-state index contributed by atoms with van der Waals surface area (Å²) in [5, 5.41) is 3.16. The van der Waals surface area contributed by atoms with Crippen LogP contribution in [0.2, 0.25) is 0 Å². The first-order chi connectivity index (χ1) is 10.4. The Morgan fingerprint density at radius 1 is 1.14 bits per heavy atom. The van der Waals surface area contributed by atoms with Gasteiger partial charge >= 0.3 is 0 Å². The zero-order chi connectivity index (χ0) is 15.3. The molecule has 4 aliphatic carbocycles. The first kappa shape index (κ1) is 13.3. The molecule has 7 atom stereocenters. The average molecular weight is 299 g/mol. The van der Waals surface area contributed by atoms with Crippen molar-refractivity contribution in [1.82, 2.24) is 5.32 Å². The van der Waals surface area contributed by atoms with Gasteiger partial charge in [0.05, 0.1) is 5.41 Å². The van der Waals surface area contributed by atoms with E-state index in [1.54, 1.807) is 0 Å². The third-order valence-corrected chi connectivity index (χ3v) is 8.14. The lowest BCUT2D eigenvalue weighted by Crippen LogP contribution is -2.52. The second kappa shape index (κ2) is 3.85. The van der Waals surface area contributed by atoms with Crippen LogP contribution in [-0.2, 0) is 9.59 Å². The molecule has 1 N–H and O–H groups in total. The summed E-state index contributed by atoms with van der Waals surface area (Å²) in [6.45, 7) is 5.50. The van der Waals surface area contributed by atoms with Crippen LogP contribution in [0.1, 0.15) is 46.0 Å². The Morgan fingerprint density at radius 3 is 2.77 bits per heavy atom. The van der Waals surface area contributed by atoms with Gasteiger partial charge in [-0.2, -0.15) is 0 Å². The van der Waals surface area contributed by atoms with Crippen LogP contribution >= 0.6 is 0 Å². The summed E-state index contributed by atoms with van der Waals surface area (Å²) in [7, 11) is 0. The van der Waals surface area contributed by atoms with Crippen LogP contribution in [0.5, 0.6) is 0 Å². The topological polar surface area (TPSA) is 46.2 Å². The fourth-order valence-electron chi connectivity index (χ4n) is 6.79. The lowest BCUT2D eigenvalue weighted by atomic mass is 9.47. The van der Waals surface area contributed by atoms with E-state index in [4.69, 9.17) is 0 Å². The molecule has 0 radical (unpaired) electrons. The Kier molecular flexibility index (Phi) is 2.34. The number of carbonyl (C=O) groups excluding carboxylic acids is 2. The van der Waals surface area contributed by atoms with E-state index in [-0.39, 0.29) is 10.8 Å². The van der Waals surface area contributed by atoms with Gasteiger partial charge in [-0.15, -0.1) is 0 Å². The van der Waals surface area contributed by atoms with Gasteiger partial charge in [0.1, 0.15) is 0 Å². The van der Waals surface area contributed by atoms with Crippen molar-refractivity contribution < 1.29 is 9.59 Å². The fourth-order valence-corrected chi connectivity index (χ4v) is 6.79. The van der Waals surface area contributed by atoms with Crippen LogP contribution in [0.25, 0.3) is 0 Å². The van der Waals surface area contributed by atoms with Gasteiger partial charge in [-0.25, -0.2) is 0 Å². The molecule has 0 unspecified atom stereocenters. The summed E-state index contributed by atoms with van der Waals surface area (Å²) in [5.74, 6) is 3.92. The Labute approximate surface area is 131 Å². The maximum Gasteiger partial charge on any atom is 0.226 e. The molecule has 3 nitrogen and oxygen atoms in total. The summed E-state index contributed by atoms with van der Waals surface area (Å²) in [4.78, 5) is 24.3. The van der Waals surface area contributed by atoms with E-state index in [9.17, 15) is 9.59 Å². The molecule has 3 heteroatoms. The van der Waals surface area contributed by atoms with Crippen molar-refractivity contribution in [2.75, 3.05) is 6.54 Å². The van der Waals surface area contributed by atoms with Crippen molar-refractivity contribution in [3.05, 3.63) is 11.6 Å². The van der Waals surface area contributed by atoms with E-state index in [1.807, 2.05) is 6.08 Å². The van der Waals surface area contributed by atoms with E-state index in [2.05, 4.69) is 19.2 Å². The summed E-state index contributed by atoms with van der Waals surface area (Å²) < 4.78 is 0. The highest BCUT2D eigenvalue weighted by Gasteiger charge is 2.67. The van der Waals surface area contributed by atoms with Crippen LogP contribution in [-0.4, -0.2) is 18.2 Å². The van der Waals surface area contributed by atoms with E-state index < -0.39 is 0 Å². The third-order valence-electron chi connectivity index (χ3n) is 8.14. The lowest BCUT2D eigenvalue weighted by molar-refractivity contribution is -0.134. The molecular formula is C19H25NO2. The van der Waals surface area contributed by atoms with Gasteiger partial charge in [0.25, 0.3) is 0 Å². The number of allylic oxidation sites excluding steroid dienone is 2. The molecule has 0 aromatic heterocycles. The minimum absolute atomic E-state index is 0.129. The van der Waals surface area contributed by atoms with E-state index >= 15 is 0 Å². The summed E-state index contributed by atoms with van der Waals surface area (Å²) in [6, 6.07) is 0. The van der Waals surface area contributed by atoms with E-state index in [0.29, 0.717) is 35.4 Å². The Hall–Kier alpha value is -1.12. The Morgan fingerprint density at radius 2 is 1.95 bits per heavy atom. The molecule has 0 aromatic rings. The fraction of sp³-hybridized carbons (Fsp3) is 0.789. The van der Waals surface area contributed by atoms with Crippen LogP contribution in [0.15, 0.2) is 11.6 Å². The molecule has 1 saturated heterocycles. The first-order valence-electron chi connectivity index (χ1n) is 8.98. The highest BCUT2D eigenvalue weighted by molar-refractivity contribution is 5.92. The average Bonchev–Trinajstić information content (AvgIpc) is 3.22. The van der Waals surface area contributed by atoms with Crippen LogP contribution in [0, 0.1) is 40.4 Å². The molecule has 5 aliphatic rings. The molecule has 118 valence electrons. The monoisotopic (exact) mass is 299 g/mol. The number of rotatable bonds is 0. The summed E-state index contributed by atoms with van der Waals surface area (Å²) in [6.07, 6.45) is 7.22. The lowest BCUT2D eigenvalue weighted by Gasteiger charge is -2.56. The van der Waals surface area contributed by atoms with Crippen LogP contribution in [0.3, 0.4) is 0 Å². The van der Waals surface area contributed by atoms with Crippen LogP contribution in [0.4, 0.5) is 0 Å². The highest BCUT2D eigenvalue weighted by atomic mass is 16.2. The zero-order valence-corrected chi connectivity index (χ0v) is 13.5. The molecule has 0 aromatic carbocycles. The highest BCUT2D eigenvalue weighted by Crippen LogP contribution is 2.72. The largest absolute Gasteiger partial charge is 0.355 e. The molecule has 3 saturated carbocycles. The quantitative estimate of drug-likeness (QED) is 0.747. The minimum Gasteiger partial charge on any atom is -0.355 e. The molecule has 22 heavy (non-hydrogen) atoms. The molecule has 1 amide bonds. The molecule has 1 aliphatic heterocycles. The van der Waals surface area contributed by atoms with Crippen molar-refractivity contribution in [1.29, 1.82) is 0 Å². The second-order valence-electron chi connectivity index (χ2n) is 8.95. The predicted molar refractivity (Wildman–Crippen MR) is 82.8 cm³/mol. The number of fused-ring (bicyclic) bond motifs is 8. The molecular weight excluding hydrogens is 274 g/mol. The molecule has 4 fully saturated rings. The number of amides is 1. The second-order valence-corrected chi connectivity index (χ2v) is 8.95. The minimum atomic E-state index is -0.129.